The molecule has 1 N–H and O–H groups in total. The van der Waals surface area contributed by atoms with Crippen LogP contribution >= 0.6 is 11.8 Å². The molecule has 2 heterocycles. The molecule has 1 aromatic heterocycles. The van der Waals surface area contributed by atoms with Gasteiger partial charge in [0.2, 0.25) is 0 Å². The van der Waals surface area contributed by atoms with E-state index in [-0.39, 0.29) is 17.9 Å². The molecular formula is C12H16F3N3S. The van der Waals surface area contributed by atoms with Crippen LogP contribution in [-0.4, -0.2) is 15.7 Å². The number of aromatic nitrogens is 2. The second-order valence-corrected chi connectivity index (χ2v) is 5.95. The summed E-state index contributed by atoms with van der Waals surface area (Å²) in [6, 6.07) is 0. The molecule has 1 aliphatic heterocycles. The number of fused-ring (bicyclic) bond motifs is 1. The third kappa shape index (κ3) is 3.60. The van der Waals surface area contributed by atoms with Gasteiger partial charge in [-0.05, 0) is 11.7 Å². The quantitative estimate of drug-likeness (QED) is 0.925. The van der Waals surface area contributed by atoms with E-state index in [9.17, 15) is 13.2 Å². The number of nitrogens with zero attached hydrogens (tertiary/aromatic N) is 2. The molecule has 0 spiro atoms. The fourth-order valence-electron chi connectivity index (χ4n) is 1.90. The van der Waals surface area contributed by atoms with Gasteiger partial charge in [0, 0.05) is 18.7 Å². The zero-order valence-corrected chi connectivity index (χ0v) is 11.7. The second kappa shape index (κ2) is 5.66. The molecule has 0 aliphatic carbocycles. The zero-order chi connectivity index (χ0) is 14.0. The minimum Gasteiger partial charge on any atom is -0.307 e. The maximum atomic E-state index is 12.9. The molecule has 0 saturated heterocycles. The summed E-state index contributed by atoms with van der Waals surface area (Å²) >= 11 is 1.57. The van der Waals surface area contributed by atoms with Crippen molar-refractivity contribution in [3.63, 3.8) is 0 Å². The SMILES string of the molecule is CC(C)CSCc1nc2c(c(C(F)(F)F)n1)CNC2. The van der Waals surface area contributed by atoms with Crippen molar-refractivity contribution >= 4 is 11.8 Å². The van der Waals surface area contributed by atoms with Crippen molar-refractivity contribution in [2.24, 2.45) is 5.92 Å². The van der Waals surface area contributed by atoms with Crippen molar-refractivity contribution in [3.8, 4) is 0 Å². The third-order valence-corrected chi connectivity index (χ3v) is 4.05. The van der Waals surface area contributed by atoms with Gasteiger partial charge in [-0.25, -0.2) is 9.97 Å². The highest BCUT2D eigenvalue weighted by molar-refractivity contribution is 7.98. The second-order valence-electron chi connectivity index (χ2n) is 4.92. The smallest absolute Gasteiger partial charge is 0.307 e. The molecular weight excluding hydrogens is 275 g/mol. The molecule has 0 saturated carbocycles. The van der Waals surface area contributed by atoms with Crippen molar-refractivity contribution < 1.29 is 13.2 Å². The van der Waals surface area contributed by atoms with Crippen LogP contribution in [0.2, 0.25) is 0 Å². The number of rotatable bonds is 4. The van der Waals surface area contributed by atoms with Crippen LogP contribution in [0.15, 0.2) is 0 Å². The van der Waals surface area contributed by atoms with Gasteiger partial charge in [-0.2, -0.15) is 24.9 Å². The van der Waals surface area contributed by atoms with Crippen LogP contribution in [0.3, 0.4) is 0 Å². The van der Waals surface area contributed by atoms with Gasteiger partial charge < -0.3 is 5.32 Å². The lowest BCUT2D eigenvalue weighted by Gasteiger charge is -2.12. The molecule has 0 bridgehead atoms. The van der Waals surface area contributed by atoms with E-state index >= 15 is 0 Å². The predicted octanol–water partition coefficient (Wildman–Crippen LogP) is 2.99. The van der Waals surface area contributed by atoms with Gasteiger partial charge in [0.1, 0.15) is 5.82 Å². The van der Waals surface area contributed by atoms with Gasteiger partial charge in [0.05, 0.1) is 11.4 Å². The average Bonchev–Trinajstić information content (AvgIpc) is 2.73. The Morgan fingerprint density at radius 2 is 2.00 bits per heavy atom. The molecule has 3 nitrogen and oxygen atoms in total. The van der Waals surface area contributed by atoms with Crippen LogP contribution in [-0.2, 0) is 25.0 Å². The van der Waals surface area contributed by atoms with Crippen LogP contribution in [0.4, 0.5) is 13.2 Å². The summed E-state index contributed by atoms with van der Waals surface area (Å²) in [5, 5.41) is 2.89. The van der Waals surface area contributed by atoms with Crippen LogP contribution in [0.25, 0.3) is 0 Å². The summed E-state index contributed by atoms with van der Waals surface area (Å²) < 4.78 is 38.8. The highest BCUT2D eigenvalue weighted by Crippen LogP contribution is 2.33. The van der Waals surface area contributed by atoms with Crippen molar-refractivity contribution in [1.29, 1.82) is 0 Å². The topological polar surface area (TPSA) is 37.8 Å². The summed E-state index contributed by atoms with van der Waals surface area (Å²) in [6.07, 6.45) is -4.41. The van der Waals surface area contributed by atoms with Crippen LogP contribution in [0.1, 0.15) is 36.6 Å². The van der Waals surface area contributed by atoms with Gasteiger partial charge in [-0.15, -0.1) is 0 Å². The lowest BCUT2D eigenvalue weighted by atomic mass is 10.2. The lowest BCUT2D eigenvalue weighted by molar-refractivity contribution is -0.142. The first kappa shape index (κ1) is 14.6. The van der Waals surface area contributed by atoms with E-state index in [1.807, 2.05) is 0 Å². The molecule has 1 aliphatic rings. The molecule has 106 valence electrons. The Morgan fingerprint density at radius 1 is 1.26 bits per heavy atom. The van der Waals surface area contributed by atoms with Crippen molar-refractivity contribution in [3.05, 3.63) is 22.8 Å². The van der Waals surface area contributed by atoms with E-state index in [0.29, 0.717) is 23.9 Å². The molecule has 0 atom stereocenters. The van der Waals surface area contributed by atoms with E-state index in [1.165, 1.54) is 0 Å². The van der Waals surface area contributed by atoms with Gasteiger partial charge in [0.15, 0.2) is 5.69 Å². The summed E-state index contributed by atoms with van der Waals surface area (Å²) in [4.78, 5) is 7.95. The largest absolute Gasteiger partial charge is 0.433 e. The van der Waals surface area contributed by atoms with Crippen LogP contribution in [0.5, 0.6) is 0 Å². The lowest BCUT2D eigenvalue weighted by Crippen LogP contribution is -2.15. The number of hydrogen-bond donors (Lipinski definition) is 1. The molecule has 2 rings (SSSR count). The van der Waals surface area contributed by atoms with Gasteiger partial charge in [-0.1, -0.05) is 13.8 Å². The van der Waals surface area contributed by atoms with Crippen LogP contribution < -0.4 is 5.32 Å². The van der Waals surface area contributed by atoms with Crippen molar-refractivity contribution in [2.45, 2.75) is 38.9 Å². The van der Waals surface area contributed by atoms with Gasteiger partial charge in [-0.3, -0.25) is 0 Å². The van der Waals surface area contributed by atoms with E-state index in [1.54, 1.807) is 11.8 Å². The molecule has 0 aromatic carbocycles. The first-order valence-electron chi connectivity index (χ1n) is 6.12. The van der Waals surface area contributed by atoms with Gasteiger partial charge >= 0.3 is 6.18 Å². The summed E-state index contributed by atoms with van der Waals surface area (Å²) in [5.41, 5.74) is -0.0878. The molecule has 0 unspecified atom stereocenters. The standard InChI is InChI=1S/C12H16F3N3S/c1-7(2)5-19-6-10-17-9-4-16-3-8(9)11(18-10)12(13,14)15/h7,16H,3-6H2,1-2H3. The first-order valence-corrected chi connectivity index (χ1v) is 7.27. The maximum Gasteiger partial charge on any atom is 0.433 e. The minimum atomic E-state index is -4.41. The van der Waals surface area contributed by atoms with E-state index in [2.05, 4.69) is 29.1 Å². The fourth-order valence-corrected chi connectivity index (χ4v) is 2.81. The van der Waals surface area contributed by atoms with E-state index in [4.69, 9.17) is 0 Å². The third-order valence-electron chi connectivity index (χ3n) is 2.68. The fraction of sp³-hybridized carbons (Fsp3) is 0.667. The molecule has 7 heteroatoms. The van der Waals surface area contributed by atoms with E-state index < -0.39 is 11.9 Å². The number of alkyl halides is 3. The number of hydrogen-bond acceptors (Lipinski definition) is 4. The Balaban J connectivity index is 2.22. The predicted molar refractivity (Wildman–Crippen MR) is 68.6 cm³/mol. The molecule has 0 amide bonds. The molecule has 0 fully saturated rings. The number of halogens is 3. The Bertz CT molecular complexity index is 460. The Hall–Kier alpha value is -0.820. The normalized spacial score (nSPS) is 15.1. The van der Waals surface area contributed by atoms with E-state index in [0.717, 1.165) is 5.75 Å². The minimum absolute atomic E-state index is 0.198. The molecule has 0 radical (unpaired) electrons. The van der Waals surface area contributed by atoms with Crippen molar-refractivity contribution in [2.75, 3.05) is 5.75 Å². The monoisotopic (exact) mass is 291 g/mol. The highest BCUT2D eigenvalue weighted by atomic mass is 32.2. The molecule has 1 aromatic rings. The Morgan fingerprint density at radius 3 is 2.63 bits per heavy atom. The highest BCUT2D eigenvalue weighted by Gasteiger charge is 2.38. The first-order chi connectivity index (χ1) is 8.88. The maximum absolute atomic E-state index is 12.9. The zero-order valence-electron chi connectivity index (χ0n) is 10.8. The summed E-state index contributed by atoms with van der Waals surface area (Å²) in [6.45, 7) is 4.73. The van der Waals surface area contributed by atoms with Crippen molar-refractivity contribution in [1.82, 2.24) is 15.3 Å². The number of thioether (sulfide) groups is 1. The summed E-state index contributed by atoms with van der Waals surface area (Å²) in [7, 11) is 0. The van der Waals surface area contributed by atoms with Crippen LogP contribution in [0, 0.1) is 5.92 Å². The number of nitrogens with one attached hydrogen (secondary N) is 1. The van der Waals surface area contributed by atoms with Gasteiger partial charge in [0.25, 0.3) is 0 Å². The Labute approximate surface area is 114 Å². The Kier molecular flexibility index (Phi) is 4.35. The summed E-state index contributed by atoms with van der Waals surface area (Å²) in [5.74, 6) is 2.10. The molecule has 19 heavy (non-hydrogen) atoms. The average molecular weight is 291 g/mol.